The summed E-state index contributed by atoms with van der Waals surface area (Å²) < 4.78 is 5.08. The number of carbonyl (C=O) groups excluding carboxylic acids is 2. The second kappa shape index (κ2) is 9.50. The van der Waals surface area contributed by atoms with Gasteiger partial charge in [-0.3, -0.25) is 9.59 Å². The lowest BCUT2D eigenvalue weighted by Gasteiger charge is -2.13. The van der Waals surface area contributed by atoms with Crippen molar-refractivity contribution in [1.29, 1.82) is 0 Å². The Morgan fingerprint density at radius 1 is 1.15 bits per heavy atom. The zero-order valence-electron chi connectivity index (χ0n) is 14.8. The summed E-state index contributed by atoms with van der Waals surface area (Å²) in [4.78, 5) is 24.3. The summed E-state index contributed by atoms with van der Waals surface area (Å²) in [5.74, 6) is 0.582. The molecule has 2 aromatic carbocycles. The molecule has 0 heterocycles. The van der Waals surface area contributed by atoms with E-state index in [1.165, 1.54) is 11.8 Å². The molecular weight excluding hydrogens is 372 g/mol. The molecule has 7 heteroatoms. The number of methoxy groups -OCH3 is 1. The van der Waals surface area contributed by atoms with Gasteiger partial charge in [-0.15, -0.1) is 11.8 Å². The van der Waals surface area contributed by atoms with Crippen LogP contribution in [0.5, 0.6) is 5.75 Å². The fourth-order valence-corrected chi connectivity index (χ4v) is 3.06. The highest BCUT2D eigenvalue weighted by atomic mass is 35.5. The lowest BCUT2D eigenvalue weighted by Crippen LogP contribution is -2.25. The van der Waals surface area contributed by atoms with Crippen LogP contribution in [0, 0.1) is 6.92 Å². The van der Waals surface area contributed by atoms with E-state index < -0.39 is 0 Å². The first kappa shape index (κ1) is 20.1. The monoisotopic (exact) mass is 392 g/mol. The molecule has 26 heavy (non-hydrogen) atoms. The summed E-state index contributed by atoms with van der Waals surface area (Å²) in [5, 5.41) is 5.91. The zero-order chi connectivity index (χ0) is 19.1. The normalized spacial score (nSPS) is 11.5. The van der Waals surface area contributed by atoms with Crippen LogP contribution in [-0.4, -0.2) is 29.9 Å². The van der Waals surface area contributed by atoms with Crippen LogP contribution in [0.15, 0.2) is 42.5 Å². The number of carbonyl (C=O) groups is 2. The number of halogens is 1. The molecule has 0 aromatic heterocycles. The highest BCUT2D eigenvalue weighted by Crippen LogP contribution is 2.21. The number of benzene rings is 2. The Bertz CT molecular complexity index is 781. The maximum absolute atomic E-state index is 12.2. The summed E-state index contributed by atoms with van der Waals surface area (Å²) in [6, 6.07) is 12.4. The summed E-state index contributed by atoms with van der Waals surface area (Å²) in [7, 11) is 1.59. The highest BCUT2D eigenvalue weighted by Gasteiger charge is 2.16. The molecular formula is C19H21ClN2O3S. The molecule has 2 rings (SSSR count). The minimum Gasteiger partial charge on any atom is -0.497 e. The number of ether oxygens (including phenoxy) is 1. The lowest BCUT2D eigenvalue weighted by atomic mass is 10.2. The van der Waals surface area contributed by atoms with E-state index in [1.807, 2.05) is 6.92 Å². The lowest BCUT2D eigenvalue weighted by molar-refractivity contribution is -0.115. The molecule has 0 fully saturated rings. The Labute approximate surface area is 162 Å². The molecule has 0 aliphatic heterocycles. The van der Waals surface area contributed by atoms with Gasteiger partial charge in [0, 0.05) is 16.4 Å². The van der Waals surface area contributed by atoms with Gasteiger partial charge in [-0.2, -0.15) is 0 Å². The van der Waals surface area contributed by atoms with Crippen molar-refractivity contribution in [2.45, 2.75) is 19.1 Å². The molecule has 2 amide bonds. The van der Waals surface area contributed by atoms with Gasteiger partial charge in [-0.1, -0.05) is 11.6 Å². The Morgan fingerprint density at radius 2 is 1.85 bits per heavy atom. The molecule has 2 aromatic rings. The first-order valence-electron chi connectivity index (χ1n) is 8.01. The molecule has 0 spiro atoms. The van der Waals surface area contributed by atoms with Crippen LogP contribution in [0.3, 0.4) is 0 Å². The molecule has 0 saturated heterocycles. The van der Waals surface area contributed by atoms with Gasteiger partial charge >= 0.3 is 0 Å². The minimum absolute atomic E-state index is 0.157. The average molecular weight is 393 g/mol. The first-order chi connectivity index (χ1) is 12.4. The maximum Gasteiger partial charge on any atom is 0.237 e. The van der Waals surface area contributed by atoms with Gasteiger partial charge in [-0.05, 0) is 61.9 Å². The van der Waals surface area contributed by atoms with Crippen molar-refractivity contribution < 1.29 is 14.3 Å². The van der Waals surface area contributed by atoms with Gasteiger partial charge in [0.2, 0.25) is 11.8 Å². The van der Waals surface area contributed by atoms with E-state index in [4.69, 9.17) is 16.3 Å². The fraction of sp³-hybridized carbons (Fsp3) is 0.263. The van der Waals surface area contributed by atoms with E-state index in [9.17, 15) is 9.59 Å². The number of amides is 2. The SMILES string of the molecule is COc1ccc(NC(=O)C(C)SCC(=O)Nc2ccc(Cl)cc2C)cc1. The van der Waals surface area contributed by atoms with E-state index >= 15 is 0 Å². The Kier molecular flexibility index (Phi) is 7.36. The molecule has 2 N–H and O–H groups in total. The molecule has 5 nitrogen and oxygen atoms in total. The number of aryl methyl sites for hydroxylation is 1. The molecule has 138 valence electrons. The third-order valence-corrected chi connectivity index (χ3v) is 5.03. The average Bonchev–Trinajstić information content (AvgIpc) is 2.62. The van der Waals surface area contributed by atoms with Crippen molar-refractivity contribution in [2.24, 2.45) is 0 Å². The van der Waals surface area contributed by atoms with Crippen LogP contribution in [0.1, 0.15) is 12.5 Å². The van der Waals surface area contributed by atoms with Gasteiger partial charge in [0.05, 0.1) is 18.1 Å². The third-order valence-electron chi connectivity index (χ3n) is 3.65. The molecule has 1 atom stereocenters. The van der Waals surface area contributed by atoms with Gasteiger partial charge in [0.1, 0.15) is 5.75 Å². The number of nitrogens with one attached hydrogen (secondary N) is 2. The molecule has 0 aliphatic carbocycles. The van der Waals surface area contributed by atoms with Crippen LogP contribution in [0.2, 0.25) is 5.02 Å². The molecule has 0 aliphatic rings. The maximum atomic E-state index is 12.2. The van der Waals surface area contributed by atoms with Crippen LogP contribution in [0.25, 0.3) is 0 Å². The van der Waals surface area contributed by atoms with Crippen molar-refractivity contribution in [2.75, 3.05) is 23.5 Å². The Morgan fingerprint density at radius 3 is 2.46 bits per heavy atom. The zero-order valence-corrected chi connectivity index (χ0v) is 16.4. The van der Waals surface area contributed by atoms with E-state index in [0.29, 0.717) is 10.7 Å². The van der Waals surface area contributed by atoms with Gasteiger partial charge in [0.25, 0.3) is 0 Å². The number of hydrogen-bond donors (Lipinski definition) is 2. The van der Waals surface area contributed by atoms with E-state index in [1.54, 1.807) is 56.5 Å². The topological polar surface area (TPSA) is 67.4 Å². The van der Waals surface area contributed by atoms with Gasteiger partial charge in [0.15, 0.2) is 0 Å². The Balaban J connectivity index is 1.81. The van der Waals surface area contributed by atoms with Crippen molar-refractivity contribution in [3.8, 4) is 5.75 Å². The summed E-state index contributed by atoms with van der Waals surface area (Å²) in [5.41, 5.74) is 2.29. The van der Waals surface area contributed by atoms with Crippen LogP contribution in [0.4, 0.5) is 11.4 Å². The highest BCUT2D eigenvalue weighted by molar-refractivity contribution is 8.01. The largest absolute Gasteiger partial charge is 0.497 e. The fourth-order valence-electron chi connectivity index (χ4n) is 2.15. The predicted molar refractivity (Wildman–Crippen MR) is 108 cm³/mol. The second-order valence-electron chi connectivity index (χ2n) is 5.68. The summed E-state index contributed by atoms with van der Waals surface area (Å²) in [6.07, 6.45) is 0. The van der Waals surface area contributed by atoms with Crippen molar-refractivity contribution in [1.82, 2.24) is 0 Å². The van der Waals surface area contributed by atoms with Crippen molar-refractivity contribution in [3.05, 3.63) is 53.1 Å². The second-order valence-corrected chi connectivity index (χ2v) is 7.44. The number of anilines is 2. The summed E-state index contributed by atoms with van der Waals surface area (Å²) in [6.45, 7) is 3.64. The number of rotatable bonds is 7. The standard InChI is InChI=1S/C19H21ClN2O3S/c1-12-10-14(20)4-9-17(12)22-18(23)11-26-13(2)19(24)21-15-5-7-16(25-3)8-6-15/h4-10,13H,11H2,1-3H3,(H,21,24)(H,22,23). The minimum atomic E-state index is -0.367. The number of thioether (sulfide) groups is 1. The van der Waals surface area contributed by atoms with Crippen LogP contribution in [-0.2, 0) is 9.59 Å². The molecule has 0 radical (unpaired) electrons. The smallest absolute Gasteiger partial charge is 0.237 e. The Hall–Kier alpha value is -2.18. The van der Waals surface area contributed by atoms with Crippen molar-refractivity contribution in [3.63, 3.8) is 0 Å². The van der Waals surface area contributed by atoms with Crippen LogP contribution >= 0.6 is 23.4 Å². The molecule has 0 bridgehead atoms. The molecule has 1 unspecified atom stereocenters. The third kappa shape index (κ3) is 5.97. The van der Waals surface area contributed by atoms with E-state index in [0.717, 1.165) is 17.0 Å². The predicted octanol–water partition coefficient (Wildman–Crippen LogP) is 4.36. The van der Waals surface area contributed by atoms with E-state index in [-0.39, 0.29) is 22.8 Å². The number of hydrogen-bond acceptors (Lipinski definition) is 4. The van der Waals surface area contributed by atoms with Crippen molar-refractivity contribution >= 4 is 46.6 Å². The van der Waals surface area contributed by atoms with Gasteiger partial charge < -0.3 is 15.4 Å². The van der Waals surface area contributed by atoms with E-state index in [2.05, 4.69) is 10.6 Å². The first-order valence-corrected chi connectivity index (χ1v) is 9.44. The van der Waals surface area contributed by atoms with Crippen LogP contribution < -0.4 is 15.4 Å². The molecule has 0 saturated carbocycles. The summed E-state index contributed by atoms with van der Waals surface area (Å²) >= 11 is 7.18. The van der Waals surface area contributed by atoms with Gasteiger partial charge in [-0.25, -0.2) is 0 Å². The quantitative estimate of drug-likeness (QED) is 0.734.